The number of carbonyl (C=O) groups is 1. The van der Waals surface area contributed by atoms with Crippen LogP contribution in [0.2, 0.25) is 5.15 Å². The number of pyridine rings is 1. The van der Waals surface area contributed by atoms with E-state index in [-0.39, 0.29) is 5.91 Å². The smallest absolute Gasteiger partial charge is 0.238 e. The third kappa shape index (κ3) is 2.69. The molecule has 1 N–H and O–H groups in total. The summed E-state index contributed by atoms with van der Waals surface area (Å²) in [5.74, 6) is -0.0420. The Hall–Kier alpha value is -1.47. The van der Waals surface area contributed by atoms with Crippen molar-refractivity contribution in [1.82, 2.24) is 4.98 Å². The molecule has 2 heterocycles. The number of hydrogen-bond donors (Lipinski definition) is 1. The van der Waals surface area contributed by atoms with E-state index in [0.717, 1.165) is 14.8 Å². The Morgan fingerprint density at radius 2 is 2.00 bits per heavy atom. The molecule has 100 valence electrons. The van der Waals surface area contributed by atoms with Gasteiger partial charge in [0.15, 0.2) is 0 Å². The zero-order valence-electron chi connectivity index (χ0n) is 10.2. The van der Waals surface area contributed by atoms with E-state index >= 15 is 0 Å². The Morgan fingerprint density at radius 3 is 2.75 bits per heavy atom. The highest BCUT2D eigenvalue weighted by Crippen LogP contribution is 2.31. The molecule has 6 heteroatoms. The summed E-state index contributed by atoms with van der Waals surface area (Å²) in [6.07, 6.45) is 1.64. The number of halogens is 2. The van der Waals surface area contributed by atoms with E-state index in [1.165, 1.54) is 0 Å². The molecule has 1 atom stereocenters. The third-order valence-electron chi connectivity index (χ3n) is 2.95. The van der Waals surface area contributed by atoms with Crippen molar-refractivity contribution in [1.29, 1.82) is 0 Å². The molecule has 1 aromatic carbocycles. The maximum Gasteiger partial charge on any atom is 0.238 e. The second-order valence-electron chi connectivity index (χ2n) is 4.29. The Morgan fingerprint density at radius 1 is 1.25 bits per heavy atom. The van der Waals surface area contributed by atoms with Crippen LogP contribution in [0.1, 0.15) is 11.5 Å². The minimum atomic E-state index is -0.422. The predicted molar refractivity (Wildman–Crippen MR) is 87.9 cm³/mol. The Labute approximate surface area is 134 Å². The van der Waals surface area contributed by atoms with Crippen molar-refractivity contribution in [3.8, 4) is 0 Å². The van der Waals surface area contributed by atoms with Crippen LogP contribution in [0.3, 0.4) is 0 Å². The summed E-state index contributed by atoms with van der Waals surface area (Å²) < 4.78 is 1.14. The zero-order valence-corrected chi connectivity index (χ0v) is 13.1. The fraction of sp³-hybridized carbons (Fsp3) is 0.0714. The van der Waals surface area contributed by atoms with Gasteiger partial charge < -0.3 is 5.32 Å². The number of carbonyl (C=O) groups excluding carboxylic acids is 1. The fourth-order valence-corrected chi connectivity index (χ4v) is 2.48. The van der Waals surface area contributed by atoms with Crippen molar-refractivity contribution in [3.05, 3.63) is 50.7 Å². The fourth-order valence-electron chi connectivity index (χ4n) is 1.97. The molecule has 0 fully saturated rings. The number of benzene rings is 1. The first kappa shape index (κ1) is 13.5. The lowest BCUT2D eigenvalue weighted by Gasteiger charge is -2.01. The standard InChI is InChI=1S/C14H9ClIN3O/c15-12-6-5-10-11(14(20)19-13(10)18-12)7-17-9-3-1-8(16)2-4-9/h1-7,11H,(H,18,19,20). The summed E-state index contributed by atoms with van der Waals surface area (Å²) in [6.45, 7) is 0. The topological polar surface area (TPSA) is 54.4 Å². The molecule has 1 aliphatic rings. The van der Waals surface area contributed by atoms with Gasteiger partial charge in [-0.15, -0.1) is 0 Å². The molecular formula is C14H9ClIN3O. The van der Waals surface area contributed by atoms with Gasteiger partial charge in [-0.25, -0.2) is 4.98 Å². The van der Waals surface area contributed by atoms with Crippen molar-refractivity contribution in [2.75, 3.05) is 5.32 Å². The number of hydrogen-bond acceptors (Lipinski definition) is 3. The van der Waals surface area contributed by atoms with Gasteiger partial charge in [0.05, 0.1) is 5.69 Å². The highest BCUT2D eigenvalue weighted by molar-refractivity contribution is 14.1. The summed E-state index contributed by atoms with van der Waals surface area (Å²) in [5.41, 5.74) is 1.61. The summed E-state index contributed by atoms with van der Waals surface area (Å²) in [5, 5.41) is 3.07. The van der Waals surface area contributed by atoms with Crippen molar-refractivity contribution in [3.63, 3.8) is 0 Å². The highest BCUT2D eigenvalue weighted by Gasteiger charge is 2.30. The molecule has 0 bridgehead atoms. The number of amides is 1. The van der Waals surface area contributed by atoms with E-state index < -0.39 is 5.92 Å². The Kier molecular flexibility index (Phi) is 3.71. The molecule has 20 heavy (non-hydrogen) atoms. The number of aliphatic imine (C=N–C) groups is 1. The SMILES string of the molecule is O=C1Nc2nc(Cl)ccc2C1C=Nc1ccc(I)cc1. The van der Waals surface area contributed by atoms with Gasteiger partial charge in [0, 0.05) is 15.3 Å². The summed E-state index contributed by atoms with van der Waals surface area (Å²) in [6, 6.07) is 11.2. The van der Waals surface area contributed by atoms with Crippen LogP contribution in [-0.4, -0.2) is 17.1 Å². The van der Waals surface area contributed by atoms with Crippen LogP contribution in [-0.2, 0) is 4.79 Å². The van der Waals surface area contributed by atoms with Gasteiger partial charge in [0.25, 0.3) is 0 Å². The molecule has 4 nitrogen and oxygen atoms in total. The normalized spacial score (nSPS) is 17.3. The van der Waals surface area contributed by atoms with Gasteiger partial charge in [0.1, 0.15) is 16.9 Å². The highest BCUT2D eigenvalue weighted by atomic mass is 127. The molecule has 1 unspecified atom stereocenters. The molecule has 2 aromatic rings. The van der Waals surface area contributed by atoms with Crippen molar-refractivity contribution >= 4 is 57.8 Å². The van der Waals surface area contributed by atoms with Gasteiger partial charge >= 0.3 is 0 Å². The van der Waals surface area contributed by atoms with E-state index in [2.05, 4.69) is 37.9 Å². The van der Waals surface area contributed by atoms with Crippen LogP contribution in [0.4, 0.5) is 11.5 Å². The molecular weight excluding hydrogens is 389 g/mol. The Bertz CT molecular complexity index is 700. The summed E-state index contributed by atoms with van der Waals surface area (Å²) in [4.78, 5) is 20.4. The van der Waals surface area contributed by atoms with E-state index in [4.69, 9.17) is 11.6 Å². The summed E-state index contributed by atoms with van der Waals surface area (Å²) >= 11 is 8.04. The molecule has 0 spiro atoms. The molecule has 1 aromatic heterocycles. The molecule has 1 amide bonds. The lowest BCUT2D eigenvalue weighted by molar-refractivity contribution is -0.115. The van der Waals surface area contributed by atoms with E-state index in [1.54, 1.807) is 18.3 Å². The van der Waals surface area contributed by atoms with Gasteiger partial charge in [0.2, 0.25) is 5.91 Å². The predicted octanol–water partition coefficient (Wildman–Crippen LogP) is 3.78. The van der Waals surface area contributed by atoms with Crippen LogP contribution in [0.5, 0.6) is 0 Å². The molecule has 3 rings (SSSR count). The van der Waals surface area contributed by atoms with Gasteiger partial charge in [-0.3, -0.25) is 9.79 Å². The third-order valence-corrected chi connectivity index (χ3v) is 3.88. The van der Waals surface area contributed by atoms with Crippen LogP contribution >= 0.6 is 34.2 Å². The van der Waals surface area contributed by atoms with E-state index in [0.29, 0.717) is 11.0 Å². The first-order chi connectivity index (χ1) is 9.63. The van der Waals surface area contributed by atoms with Gasteiger partial charge in [-0.2, -0.15) is 0 Å². The first-order valence-electron chi connectivity index (χ1n) is 5.90. The number of anilines is 1. The number of aromatic nitrogens is 1. The quantitative estimate of drug-likeness (QED) is 0.476. The van der Waals surface area contributed by atoms with Crippen LogP contribution in [0.15, 0.2) is 41.4 Å². The Balaban J connectivity index is 1.88. The molecule has 0 aliphatic carbocycles. The van der Waals surface area contributed by atoms with Gasteiger partial charge in [-0.05, 0) is 52.9 Å². The minimum Gasteiger partial charge on any atom is -0.310 e. The van der Waals surface area contributed by atoms with Crippen LogP contribution in [0.25, 0.3) is 0 Å². The van der Waals surface area contributed by atoms with Crippen LogP contribution in [0, 0.1) is 3.57 Å². The monoisotopic (exact) mass is 397 g/mol. The average Bonchev–Trinajstić information content (AvgIpc) is 2.73. The second kappa shape index (κ2) is 5.49. The number of nitrogens with one attached hydrogen (secondary N) is 1. The van der Waals surface area contributed by atoms with E-state index in [1.807, 2.05) is 24.3 Å². The first-order valence-corrected chi connectivity index (χ1v) is 7.36. The van der Waals surface area contributed by atoms with Gasteiger partial charge in [-0.1, -0.05) is 17.7 Å². The van der Waals surface area contributed by atoms with Crippen molar-refractivity contribution in [2.45, 2.75) is 5.92 Å². The van der Waals surface area contributed by atoms with Crippen LogP contribution < -0.4 is 5.32 Å². The lowest BCUT2D eigenvalue weighted by atomic mass is 10.0. The van der Waals surface area contributed by atoms with E-state index in [9.17, 15) is 4.79 Å². The van der Waals surface area contributed by atoms with Crippen molar-refractivity contribution in [2.24, 2.45) is 4.99 Å². The van der Waals surface area contributed by atoms with Crippen molar-refractivity contribution < 1.29 is 4.79 Å². The zero-order chi connectivity index (χ0) is 14.1. The minimum absolute atomic E-state index is 0.135. The summed E-state index contributed by atoms with van der Waals surface area (Å²) in [7, 11) is 0. The largest absolute Gasteiger partial charge is 0.310 e. The molecule has 1 aliphatic heterocycles. The number of fused-ring (bicyclic) bond motifs is 1. The average molecular weight is 398 g/mol. The molecule has 0 saturated carbocycles. The second-order valence-corrected chi connectivity index (χ2v) is 5.93. The molecule has 0 radical (unpaired) electrons. The maximum atomic E-state index is 11.9. The lowest BCUT2D eigenvalue weighted by Crippen LogP contribution is -2.12. The molecule has 0 saturated heterocycles. The maximum absolute atomic E-state index is 11.9. The number of rotatable bonds is 2. The number of nitrogens with zero attached hydrogens (tertiary/aromatic N) is 2.